The lowest BCUT2D eigenvalue weighted by molar-refractivity contribution is 0.0940. The Labute approximate surface area is 200 Å². The quantitative estimate of drug-likeness (QED) is 0.428. The van der Waals surface area contributed by atoms with Crippen molar-refractivity contribution in [3.63, 3.8) is 0 Å². The molecular weight excluding hydrogens is 450 g/mol. The summed E-state index contributed by atoms with van der Waals surface area (Å²) < 4.78 is 28.6. The molecule has 34 heavy (non-hydrogen) atoms. The highest BCUT2D eigenvalue weighted by Crippen LogP contribution is 2.23. The molecule has 1 atom stereocenters. The number of hydrogen-bond donors (Lipinski definition) is 3. The molecule has 0 spiro atoms. The zero-order valence-electron chi connectivity index (χ0n) is 19.7. The first kappa shape index (κ1) is 25.0. The van der Waals surface area contributed by atoms with Gasteiger partial charge in [-0.1, -0.05) is 42.8 Å². The van der Waals surface area contributed by atoms with Gasteiger partial charge in [0.05, 0.1) is 16.1 Å². The van der Waals surface area contributed by atoms with Crippen molar-refractivity contribution < 1.29 is 18.0 Å². The van der Waals surface area contributed by atoms with Crippen LogP contribution in [-0.4, -0.2) is 26.3 Å². The summed E-state index contributed by atoms with van der Waals surface area (Å²) in [6.07, 6.45) is 0.775. The van der Waals surface area contributed by atoms with Crippen LogP contribution in [0, 0.1) is 13.8 Å². The van der Waals surface area contributed by atoms with Crippen molar-refractivity contribution in [3.8, 4) is 0 Å². The molecule has 0 heterocycles. The van der Waals surface area contributed by atoms with Crippen LogP contribution in [0.2, 0.25) is 0 Å². The Morgan fingerprint density at radius 1 is 0.912 bits per heavy atom. The molecule has 0 saturated carbocycles. The fourth-order valence-corrected chi connectivity index (χ4v) is 4.58. The highest BCUT2D eigenvalue weighted by Gasteiger charge is 2.21. The molecule has 7 nitrogen and oxygen atoms in total. The van der Waals surface area contributed by atoms with E-state index in [0.717, 1.165) is 12.0 Å². The van der Waals surface area contributed by atoms with Crippen molar-refractivity contribution in [2.75, 3.05) is 10.0 Å². The van der Waals surface area contributed by atoms with Gasteiger partial charge in [0.15, 0.2) is 0 Å². The number of nitrogens with one attached hydrogen (secondary N) is 3. The molecule has 178 valence electrons. The molecule has 0 bridgehead atoms. The molecule has 0 aliphatic heterocycles. The van der Waals surface area contributed by atoms with E-state index in [1.165, 1.54) is 6.07 Å². The van der Waals surface area contributed by atoms with Crippen LogP contribution in [-0.2, 0) is 10.0 Å². The van der Waals surface area contributed by atoms with Gasteiger partial charge in [0.25, 0.3) is 21.8 Å². The van der Waals surface area contributed by atoms with Crippen LogP contribution in [0.5, 0.6) is 0 Å². The minimum absolute atomic E-state index is 0.00326. The van der Waals surface area contributed by atoms with Crippen LogP contribution < -0.4 is 15.4 Å². The second-order valence-electron chi connectivity index (χ2n) is 8.23. The van der Waals surface area contributed by atoms with E-state index < -0.39 is 15.9 Å². The second-order valence-corrected chi connectivity index (χ2v) is 9.89. The smallest absolute Gasteiger partial charge is 0.262 e. The molecule has 2 amide bonds. The maximum Gasteiger partial charge on any atom is 0.262 e. The van der Waals surface area contributed by atoms with Gasteiger partial charge in [0, 0.05) is 17.3 Å². The molecule has 0 radical (unpaired) electrons. The summed E-state index contributed by atoms with van der Waals surface area (Å²) in [5.41, 5.74) is 2.78. The molecule has 3 rings (SSSR count). The Hall–Kier alpha value is -3.65. The molecular formula is C26H29N3O4S. The Morgan fingerprint density at radius 3 is 2.26 bits per heavy atom. The van der Waals surface area contributed by atoms with Gasteiger partial charge < -0.3 is 10.6 Å². The van der Waals surface area contributed by atoms with Gasteiger partial charge in [-0.25, -0.2) is 8.42 Å². The largest absolute Gasteiger partial charge is 0.350 e. The molecule has 8 heteroatoms. The lowest BCUT2D eigenvalue weighted by atomic mass is 10.1. The lowest BCUT2D eigenvalue weighted by Crippen LogP contribution is -2.32. The first-order valence-corrected chi connectivity index (χ1v) is 12.5. The van der Waals surface area contributed by atoms with Crippen LogP contribution in [0.4, 0.5) is 11.4 Å². The molecule has 3 aromatic carbocycles. The Bertz CT molecular complexity index is 1300. The van der Waals surface area contributed by atoms with Crippen molar-refractivity contribution in [1.82, 2.24) is 5.32 Å². The van der Waals surface area contributed by atoms with Gasteiger partial charge in [-0.05, 0) is 69.2 Å². The monoisotopic (exact) mass is 479 g/mol. The van der Waals surface area contributed by atoms with Gasteiger partial charge in [-0.15, -0.1) is 0 Å². The first-order chi connectivity index (χ1) is 16.1. The molecule has 0 saturated heterocycles. The van der Waals surface area contributed by atoms with Crippen LogP contribution in [0.3, 0.4) is 0 Å². The van der Waals surface area contributed by atoms with Crippen LogP contribution >= 0.6 is 0 Å². The van der Waals surface area contributed by atoms with Crippen LogP contribution in [0.15, 0.2) is 71.6 Å². The summed E-state index contributed by atoms with van der Waals surface area (Å²) in [5, 5.41) is 5.62. The Morgan fingerprint density at radius 2 is 1.59 bits per heavy atom. The van der Waals surface area contributed by atoms with Crippen molar-refractivity contribution in [2.24, 2.45) is 0 Å². The minimum Gasteiger partial charge on any atom is -0.350 e. The van der Waals surface area contributed by atoms with E-state index in [2.05, 4.69) is 15.4 Å². The SMILES string of the molecule is CC[C@@H](C)NC(=O)c1ccccc1NC(=O)c1ccc(C)c(S(=O)(=O)Nc2ccc(C)cc2)c1. The van der Waals surface area contributed by atoms with Crippen molar-refractivity contribution >= 4 is 33.2 Å². The summed E-state index contributed by atoms with van der Waals surface area (Å²) in [4.78, 5) is 25.6. The van der Waals surface area contributed by atoms with E-state index in [-0.39, 0.29) is 22.4 Å². The van der Waals surface area contributed by atoms with E-state index in [4.69, 9.17) is 0 Å². The Kier molecular flexibility index (Phi) is 7.73. The summed E-state index contributed by atoms with van der Waals surface area (Å²) in [6, 6.07) is 18.1. The molecule has 0 aliphatic carbocycles. The van der Waals surface area contributed by atoms with E-state index in [0.29, 0.717) is 22.5 Å². The zero-order valence-corrected chi connectivity index (χ0v) is 20.5. The van der Waals surface area contributed by atoms with Gasteiger partial charge in [-0.2, -0.15) is 0 Å². The fraction of sp³-hybridized carbons (Fsp3) is 0.231. The van der Waals surface area contributed by atoms with E-state index in [1.807, 2.05) is 32.9 Å². The Balaban J connectivity index is 1.86. The topological polar surface area (TPSA) is 104 Å². The number of benzene rings is 3. The van der Waals surface area contributed by atoms with Gasteiger partial charge in [0.2, 0.25) is 0 Å². The highest BCUT2D eigenvalue weighted by atomic mass is 32.2. The van der Waals surface area contributed by atoms with Gasteiger partial charge >= 0.3 is 0 Å². The number of hydrogen-bond acceptors (Lipinski definition) is 4. The van der Waals surface area contributed by atoms with Gasteiger partial charge in [-0.3, -0.25) is 14.3 Å². The summed E-state index contributed by atoms with van der Waals surface area (Å²) in [6.45, 7) is 7.45. The third-order valence-electron chi connectivity index (χ3n) is 5.45. The average Bonchev–Trinajstić information content (AvgIpc) is 2.80. The van der Waals surface area contributed by atoms with Crippen LogP contribution in [0.25, 0.3) is 0 Å². The molecule has 3 N–H and O–H groups in total. The number of amides is 2. The molecule has 0 unspecified atom stereocenters. The standard InChI is InChI=1S/C26H29N3O4S/c1-5-19(4)27-26(31)22-8-6-7-9-23(22)28-25(30)20-13-12-18(3)24(16-20)34(32,33)29-21-14-10-17(2)11-15-21/h6-16,19,29H,5H2,1-4H3,(H,27,31)(H,28,30)/t19-/m1/s1. The zero-order chi connectivity index (χ0) is 24.9. The fourth-order valence-electron chi connectivity index (χ4n) is 3.25. The maximum atomic E-state index is 13.0. The molecule has 0 aliphatic rings. The number of rotatable bonds is 8. The average molecular weight is 480 g/mol. The number of anilines is 2. The summed E-state index contributed by atoms with van der Waals surface area (Å²) >= 11 is 0. The van der Waals surface area contributed by atoms with Crippen LogP contribution in [0.1, 0.15) is 52.1 Å². The number of carbonyl (C=O) groups excluding carboxylic acids is 2. The normalized spacial score (nSPS) is 12.0. The number of aryl methyl sites for hydroxylation is 2. The maximum absolute atomic E-state index is 13.0. The molecule has 0 fully saturated rings. The lowest BCUT2D eigenvalue weighted by Gasteiger charge is -2.15. The number of para-hydroxylation sites is 1. The third kappa shape index (κ3) is 6.02. The molecule has 0 aromatic heterocycles. The van der Waals surface area contributed by atoms with Crippen molar-refractivity contribution in [3.05, 3.63) is 89.0 Å². The third-order valence-corrected chi connectivity index (χ3v) is 6.98. The number of sulfonamides is 1. The number of carbonyl (C=O) groups is 2. The highest BCUT2D eigenvalue weighted by molar-refractivity contribution is 7.92. The van der Waals surface area contributed by atoms with Crippen molar-refractivity contribution in [1.29, 1.82) is 0 Å². The summed E-state index contributed by atoms with van der Waals surface area (Å²) in [7, 11) is -3.92. The van der Waals surface area contributed by atoms with Gasteiger partial charge in [0.1, 0.15) is 0 Å². The van der Waals surface area contributed by atoms with Crippen molar-refractivity contribution in [2.45, 2.75) is 45.1 Å². The first-order valence-electron chi connectivity index (χ1n) is 11.0. The summed E-state index contributed by atoms with van der Waals surface area (Å²) in [5.74, 6) is -0.810. The molecule has 3 aromatic rings. The minimum atomic E-state index is -3.92. The predicted octanol–water partition coefficient (Wildman–Crippen LogP) is 4.88. The van der Waals surface area contributed by atoms with E-state index in [1.54, 1.807) is 55.5 Å². The van der Waals surface area contributed by atoms with E-state index >= 15 is 0 Å². The predicted molar refractivity (Wildman–Crippen MR) is 135 cm³/mol. The van der Waals surface area contributed by atoms with E-state index in [9.17, 15) is 18.0 Å². The second kappa shape index (κ2) is 10.5.